The Morgan fingerprint density at radius 2 is 2.26 bits per heavy atom. The van der Waals surface area contributed by atoms with Gasteiger partial charge in [-0.2, -0.15) is 5.10 Å². The third kappa shape index (κ3) is 2.94. The molecule has 0 amide bonds. The minimum absolute atomic E-state index is 0.0274. The van der Waals surface area contributed by atoms with Crippen molar-refractivity contribution < 1.29 is 4.74 Å². The van der Waals surface area contributed by atoms with Gasteiger partial charge in [-0.1, -0.05) is 12.1 Å². The highest BCUT2D eigenvalue weighted by molar-refractivity contribution is 5.30. The lowest BCUT2D eigenvalue weighted by molar-refractivity contribution is 0.413. The molecule has 0 saturated carbocycles. The van der Waals surface area contributed by atoms with Crippen LogP contribution >= 0.6 is 0 Å². The average molecular weight is 260 g/mol. The predicted molar refractivity (Wildman–Crippen MR) is 74.7 cm³/mol. The molecule has 0 spiro atoms. The lowest BCUT2D eigenvalue weighted by Crippen LogP contribution is -2.31. The van der Waals surface area contributed by atoms with Crippen molar-refractivity contribution in [3.05, 3.63) is 47.3 Å². The first-order valence-corrected chi connectivity index (χ1v) is 6.23. The number of rotatable bonds is 5. The van der Waals surface area contributed by atoms with Gasteiger partial charge in [0.15, 0.2) is 0 Å². The number of nitrogens with zero attached hydrogens (tertiary/aromatic N) is 2. The molecule has 1 aromatic carbocycles. The van der Waals surface area contributed by atoms with Crippen molar-refractivity contribution in [1.29, 1.82) is 0 Å². The molecule has 1 heterocycles. The van der Waals surface area contributed by atoms with Gasteiger partial charge in [-0.25, -0.2) is 0 Å². The zero-order valence-corrected chi connectivity index (χ0v) is 11.6. The zero-order chi connectivity index (χ0) is 13.8. The van der Waals surface area contributed by atoms with Crippen LogP contribution in [-0.2, 0) is 13.5 Å². The van der Waals surface area contributed by atoms with E-state index in [2.05, 4.69) is 16.6 Å². The Bertz CT molecular complexity index is 531. The van der Waals surface area contributed by atoms with Crippen LogP contribution in [0.1, 0.15) is 22.9 Å². The lowest BCUT2D eigenvalue weighted by atomic mass is 10.0. The van der Waals surface area contributed by atoms with Crippen LogP contribution < -0.4 is 16.0 Å². The highest BCUT2D eigenvalue weighted by atomic mass is 16.5. The minimum atomic E-state index is 0.0274. The Hall–Kier alpha value is -1.85. The van der Waals surface area contributed by atoms with Crippen molar-refractivity contribution in [1.82, 2.24) is 15.2 Å². The Morgan fingerprint density at radius 1 is 1.47 bits per heavy atom. The maximum atomic E-state index is 5.70. The third-order valence-corrected chi connectivity index (χ3v) is 3.28. The fraction of sp³-hybridized carbons (Fsp3) is 0.357. The van der Waals surface area contributed by atoms with Gasteiger partial charge in [0.1, 0.15) is 5.75 Å². The molecular weight excluding hydrogens is 240 g/mol. The zero-order valence-electron chi connectivity index (χ0n) is 11.6. The second-order valence-corrected chi connectivity index (χ2v) is 4.61. The van der Waals surface area contributed by atoms with E-state index in [1.807, 2.05) is 43.0 Å². The molecule has 2 rings (SSSR count). The molecule has 1 unspecified atom stereocenters. The van der Waals surface area contributed by atoms with Crippen molar-refractivity contribution in [2.75, 3.05) is 7.11 Å². The third-order valence-electron chi connectivity index (χ3n) is 3.28. The van der Waals surface area contributed by atoms with Gasteiger partial charge in [0.2, 0.25) is 0 Å². The van der Waals surface area contributed by atoms with Crippen LogP contribution in [0.4, 0.5) is 0 Å². The number of hydrazine groups is 1. The predicted octanol–water partition coefficient (Wildman–Crippen LogP) is 1.48. The number of aromatic nitrogens is 2. The number of nitrogens with two attached hydrogens (primary N) is 1. The summed E-state index contributed by atoms with van der Waals surface area (Å²) in [4.78, 5) is 0. The van der Waals surface area contributed by atoms with Gasteiger partial charge < -0.3 is 4.74 Å². The van der Waals surface area contributed by atoms with Crippen LogP contribution in [0.25, 0.3) is 0 Å². The molecule has 0 bridgehead atoms. The number of methoxy groups -OCH3 is 1. The molecule has 0 fully saturated rings. The van der Waals surface area contributed by atoms with Crippen LogP contribution in [0.3, 0.4) is 0 Å². The fourth-order valence-electron chi connectivity index (χ4n) is 2.33. The molecule has 19 heavy (non-hydrogen) atoms. The fourth-order valence-corrected chi connectivity index (χ4v) is 2.33. The van der Waals surface area contributed by atoms with Gasteiger partial charge in [-0.05, 0) is 36.6 Å². The van der Waals surface area contributed by atoms with Gasteiger partial charge in [0.05, 0.1) is 25.0 Å². The van der Waals surface area contributed by atoms with E-state index >= 15 is 0 Å². The highest BCUT2D eigenvalue weighted by Gasteiger charge is 2.17. The SMILES string of the molecule is COc1cccc(CC(NN)c2c(C)cnn2C)c1. The summed E-state index contributed by atoms with van der Waals surface area (Å²) in [6.45, 7) is 2.04. The second kappa shape index (κ2) is 5.86. The summed E-state index contributed by atoms with van der Waals surface area (Å²) in [5.41, 5.74) is 6.27. The molecular formula is C14H20N4O. The number of hydrogen-bond acceptors (Lipinski definition) is 4. The Kier molecular flexibility index (Phi) is 4.19. The van der Waals surface area contributed by atoms with Gasteiger partial charge in [0.25, 0.3) is 0 Å². The van der Waals surface area contributed by atoms with Crippen LogP contribution in [-0.4, -0.2) is 16.9 Å². The van der Waals surface area contributed by atoms with E-state index in [0.29, 0.717) is 0 Å². The topological polar surface area (TPSA) is 65.1 Å². The molecule has 0 saturated heterocycles. The monoisotopic (exact) mass is 260 g/mol. The molecule has 5 heteroatoms. The Balaban J connectivity index is 2.24. The highest BCUT2D eigenvalue weighted by Crippen LogP contribution is 2.22. The summed E-state index contributed by atoms with van der Waals surface area (Å²) in [5, 5.41) is 4.26. The van der Waals surface area contributed by atoms with Crippen molar-refractivity contribution in [2.45, 2.75) is 19.4 Å². The van der Waals surface area contributed by atoms with E-state index in [0.717, 1.165) is 23.4 Å². The molecule has 0 aliphatic heterocycles. The smallest absolute Gasteiger partial charge is 0.119 e. The van der Waals surface area contributed by atoms with Gasteiger partial charge in [-0.15, -0.1) is 0 Å². The Labute approximate surface area is 113 Å². The largest absolute Gasteiger partial charge is 0.497 e. The maximum Gasteiger partial charge on any atom is 0.119 e. The first-order chi connectivity index (χ1) is 9.15. The second-order valence-electron chi connectivity index (χ2n) is 4.61. The molecule has 2 aromatic rings. The number of benzene rings is 1. The number of nitrogens with one attached hydrogen (secondary N) is 1. The van der Waals surface area contributed by atoms with Crippen molar-refractivity contribution in [2.24, 2.45) is 12.9 Å². The molecule has 102 valence electrons. The summed E-state index contributed by atoms with van der Waals surface area (Å²) in [5.74, 6) is 6.55. The maximum absolute atomic E-state index is 5.70. The summed E-state index contributed by atoms with van der Waals surface area (Å²) in [6, 6.07) is 8.04. The van der Waals surface area contributed by atoms with Crippen LogP contribution in [0.15, 0.2) is 30.5 Å². The first kappa shape index (κ1) is 13.6. The number of aryl methyl sites for hydroxylation is 2. The summed E-state index contributed by atoms with van der Waals surface area (Å²) < 4.78 is 7.10. The molecule has 1 atom stereocenters. The van der Waals surface area contributed by atoms with Crippen LogP contribution in [0.2, 0.25) is 0 Å². The molecule has 0 aliphatic carbocycles. The molecule has 3 N–H and O–H groups in total. The van der Waals surface area contributed by atoms with Gasteiger partial charge >= 0.3 is 0 Å². The van der Waals surface area contributed by atoms with E-state index < -0.39 is 0 Å². The minimum Gasteiger partial charge on any atom is -0.497 e. The van der Waals surface area contributed by atoms with Crippen LogP contribution in [0, 0.1) is 6.92 Å². The van der Waals surface area contributed by atoms with E-state index in [9.17, 15) is 0 Å². The molecule has 1 aromatic heterocycles. The average Bonchev–Trinajstić information content (AvgIpc) is 2.76. The Morgan fingerprint density at radius 3 is 2.84 bits per heavy atom. The molecule has 0 radical (unpaired) electrons. The molecule has 0 aliphatic rings. The van der Waals surface area contributed by atoms with Crippen molar-refractivity contribution in [3.8, 4) is 5.75 Å². The number of ether oxygens (including phenoxy) is 1. The summed E-state index contributed by atoms with van der Waals surface area (Å²) >= 11 is 0. The van der Waals surface area contributed by atoms with Crippen LogP contribution in [0.5, 0.6) is 5.75 Å². The van der Waals surface area contributed by atoms with Gasteiger partial charge in [-0.3, -0.25) is 16.0 Å². The summed E-state index contributed by atoms with van der Waals surface area (Å²) in [7, 11) is 3.60. The van der Waals surface area contributed by atoms with E-state index in [1.165, 1.54) is 5.56 Å². The molecule has 5 nitrogen and oxygen atoms in total. The lowest BCUT2D eigenvalue weighted by Gasteiger charge is -2.18. The van der Waals surface area contributed by atoms with E-state index in [-0.39, 0.29) is 6.04 Å². The normalized spacial score (nSPS) is 12.4. The van der Waals surface area contributed by atoms with E-state index in [4.69, 9.17) is 10.6 Å². The first-order valence-electron chi connectivity index (χ1n) is 6.23. The standard InChI is InChI=1S/C14H20N4O/c1-10-9-16-18(2)14(10)13(17-15)8-11-5-4-6-12(7-11)19-3/h4-7,9,13,17H,8,15H2,1-3H3. The van der Waals surface area contributed by atoms with Crippen molar-refractivity contribution >= 4 is 0 Å². The number of hydrogen-bond donors (Lipinski definition) is 2. The quantitative estimate of drug-likeness (QED) is 0.631. The van der Waals surface area contributed by atoms with Gasteiger partial charge in [0, 0.05) is 7.05 Å². The van der Waals surface area contributed by atoms with E-state index in [1.54, 1.807) is 7.11 Å². The summed E-state index contributed by atoms with van der Waals surface area (Å²) in [6.07, 6.45) is 2.64. The van der Waals surface area contributed by atoms with Crippen molar-refractivity contribution in [3.63, 3.8) is 0 Å².